The van der Waals surface area contributed by atoms with Crippen molar-refractivity contribution in [2.75, 3.05) is 5.32 Å². The fourth-order valence-electron chi connectivity index (χ4n) is 2.62. The smallest absolute Gasteiger partial charge is 0.323 e. The molecule has 0 unspecified atom stereocenters. The van der Waals surface area contributed by atoms with Gasteiger partial charge in [-0.05, 0) is 35.2 Å². The largest absolute Gasteiger partial charge is 0.416 e. The molecule has 0 spiro atoms. The molecule has 122 valence electrons. The minimum atomic E-state index is -4.34. The maximum absolute atomic E-state index is 12.8. The molecule has 1 aromatic carbocycles. The van der Waals surface area contributed by atoms with E-state index in [0.29, 0.717) is 11.5 Å². The number of thiophene rings is 1. The van der Waals surface area contributed by atoms with Crippen LogP contribution in [-0.4, -0.2) is 14.8 Å². The Hall–Kier alpha value is -2.61. The van der Waals surface area contributed by atoms with Gasteiger partial charge in [-0.1, -0.05) is 18.2 Å². The van der Waals surface area contributed by atoms with Gasteiger partial charge in [0.1, 0.15) is 12.4 Å². The molecule has 8 heteroatoms. The summed E-state index contributed by atoms with van der Waals surface area (Å²) < 4.78 is 39.9. The van der Waals surface area contributed by atoms with Crippen LogP contribution in [0, 0.1) is 0 Å². The Labute approximate surface area is 139 Å². The van der Waals surface area contributed by atoms with E-state index >= 15 is 0 Å². The number of aromatic nitrogens is 3. The molecule has 1 aliphatic rings. The van der Waals surface area contributed by atoms with Crippen LogP contribution in [0.25, 0.3) is 5.70 Å². The molecular formula is C16H11F3N4S. The maximum atomic E-state index is 12.8. The number of hydrogen-bond acceptors (Lipinski definition) is 4. The standard InChI is InChI=1S/C16H11F3N4S/c17-16(18,19)11-5-3-10(4-6-11)13-8-12(14-2-1-7-24-14)22-15-20-9-21-23(13)15/h1-9,13H,(H,20,21,22)/t13-/m0/s1. The molecule has 3 aromatic rings. The van der Waals surface area contributed by atoms with Crippen LogP contribution in [0.2, 0.25) is 0 Å². The van der Waals surface area contributed by atoms with Gasteiger partial charge in [0.25, 0.3) is 0 Å². The summed E-state index contributed by atoms with van der Waals surface area (Å²) in [5.74, 6) is 0.561. The van der Waals surface area contributed by atoms with Crippen molar-refractivity contribution in [3.05, 3.63) is 70.2 Å². The Bertz CT molecular complexity index is 879. The van der Waals surface area contributed by atoms with Gasteiger partial charge in [0, 0.05) is 0 Å². The highest BCUT2D eigenvalue weighted by Gasteiger charge is 2.31. The highest BCUT2D eigenvalue weighted by Crippen LogP contribution is 2.35. The zero-order valence-electron chi connectivity index (χ0n) is 12.2. The van der Waals surface area contributed by atoms with E-state index in [1.165, 1.54) is 18.5 Å². The van der Waals surface area contributed by atoms with Gasteiger partial charge < -0.3 is 5.32 Å². The molecule has 0 aliphatic carbocycles. The molecule has 0 radical (unpaired) electrons. The lowest BCUT2D eigenvalue weighted by atomic mass is 10.0. The zero-order chi connectivity index (χ0) is 16.7. The molecule has 1 aliphatic heterocycles. The number of nitrogens with zero attached hydrogens (tertiary/aromatic N) is 3. The van der Waals surface area contributed by atoms with Crippen molar-refractivity contribution in [3.63, 3.8) is 0 Å². The minimum absolute atomic E-state index is 0.317. The number of nitrogens with one attached hydrogen (secondary N) is 1. The zero-order valence-corrected chi connectivity index (χ0v) is 13.0. The van der Waals surface area contributed by atoms with E-state index in [4.69, 9.17) is 0 Å². The third-order valence-corrected chi connectivity index (χ3v) is 4.68. The highest BCUT2D eigenvalue weighted by atomic mass is 32.1. The Morgan fingerprint density at radius 1 is 1.12 bits per heavy atom. The Morgan fingerprint density at radius 3 is 2.58 bits per heavy atom. The van der Waals surface area contributed by atoms with Crippen molar-refractivity contribution in [1.29, 1.82) is 0 Å². The number of alkyl halides is 3. The van der Waals surface area contributed by atoms with E-state index < -0.39 is 11.7 Å². The van der Waals surface area contributed by atoms with Crippen molar-refractivity contribution in [1.82, 2.24) is 14.8 Å². The van der Waals surface area contributed by atoms with Crippen molar-refractivity contribution in [3.8, 4) is 0 Å². The van der Waals surface area contributed by atoms with Crippen LogP contribution in [0.4, 0.5) is 19.1 Å². The number of fused-ring (bicyclic) bond motifs is 1. The van der Waals surface area contributed by atoms with Crippen LogP contribution in [0.1, 0.15) is 22.0 Å². The predicted molar refractivity (Wildman–Crippen MR) is 85.5 cm³/mol. The third-order valence-electron chi connectivity index (χ3n) is 3.77. The molecule has 1 atom stereocenters. The molecular weight excluding hydrogens is 337 g/mol. The summed E-state index contributed by atoms with van der Waals surface area (Å²) in [4.78, 5) is 5.20. The lowest BCUT2D eigenvalue weighted by Crippen LogP contribution is -2.20. The Balaban J connectivity index is 1.76. The molecule has 3 heterocycles. The van der Waals surface area contributed by atoms with Crippen LogP contribution >= 0.6 is 11.3 Å². The second-order valence-electron chi connectivity index (χ2n) is 5.28. The topological polar surface area (TPSA) is 42.7 Å². The van der Waals surface area contributed by atoms with Crippen LogP contribution < -0.4 is 5.32 Å². The van der Waals surface area contributed by atoms with E-state index in [2.05, 4.69) is 15.4 Å². The summed E-state index contributed by atoms with van der Waals surface area (Å²) in [5.41, 5.74) is 0.919. The molecule has 4 rings (SSSR count). The van der Waals surface area contributed by atoms with Crippen LogP contribution in [0.3, 0.4) is 0 Å². The van der Waals surface area contributed by atoms with Crippen LogP contribution in [0.5, 0.6) is 0 Å². The highest BCUT2D eigenvalue weighted by molar-refractivity contribution is 7.11. The number of rotatable bonds is 2. The van der Waals surface area contributed by atoms with Gasteiger partial charge in [0.15, 0.2) is 0 Å². The summed E-state index contributed by atoms with van der Waals surface area (Å²) in [5, 5.41) is 9.34. The number of anilines is 1. The fraction of sp³-hybridized carbons (Fsp3) is 0.125. The predicted octanol–water partition coefficient (Wildman–Crippen LogP) is 4.41. The summed E-state index contributed by atoms with van der Waals surface area (Å²) in [6.45, 7) is 0. The normalized spacial score (nSPS) is 17.1. The van der Waals surface area contributed by atoms with E-state index in [1.54, 1.807) is 16.0 Å². The van der Waals surface area contributed by atoms with Gasteiger partial charge in [-0.25, -0.2) is 4.68 Å². The number of halogens is 3. The van der Waals surface area contributed by atoms with Gasteiger partial charge in [0.05, 0.1) is 16.1 Å². The first-order valence-electron chi connectivity index (χ1n) is 7.12. The number of allylic oxidation sites excluding steroid dienone is 1. The third kappa shape index (κ3) is 2.58. The number of hydrogen-bond donors (Lipinski definition) is 1. The minimum Gasteiger partial charge on any atom is -0.323 e. The molecule has 0 bridgehead atoms. The molecule has 0 saturated carbocycles. The first-order valence-corrected chi connectivity index (χ1v) is 8.00. The van der Waals surface area contributed by atoms with Crippen molar-refractivity contribution < 1.29 is 13.2 Å². The molecule has 24 heavy (non-hydrogen) atoms. The van der Waals surface area contributed by atoms with Gasteiger partial charge in [-0.2, -0.15) is 23.3 Å². The monoisotopic (exact) mass is 348 g/mol. The van der Waals surface area contributed by atoms with E-state index in [-0.39, 0.29) is 6.04 Å². The molecule has 0 fully saturated rings. The van der Waals surface area contributed by atoms with E-state index in [1.807, 2.05) is 23.6 Å². The van der Waals surface area contributed by atoms with Crippen LogP contribution in [0.15, 0.2) is 54.2 Å². The Kier molecular flexibility index (Phi) is 3.42. The SMILES string of the molecule is FC(F)(F)c1ccc([C@@H]2C=C(c3cccs3)Nc3ncnn32)cc1. The summed E-state index contributed by atoms with van der Waals surface area (Å²) in [7, 11) is 0. The van der Waals surface area contributed by atoms with Crippen molar-refractivity contribution >= 4 is 23.0 Å². The summed E-state index contributed by atoms with van der Waals surface area (Å²) in [6, 6.07) is 8.73. The van der Waals surface area contributed by atoms with Gasteiger partial charge in [0.2, 0.25) is 5.95 Å². The summed E-state index contributed by atoms with van der Waals surface area (Å²) in [6.07, 6.45) is -0.982. The average Bonchev–Trinajstić information content (AvgIpc) is 3.24. The first kappa shape index (κ1) is 14.9. The maximum Gasteiger partial charge on any atom is 0.416 e. The van der Waals surface area contributed by atoms with Gasteiger partial charge in [-0.3, -0.25) is 0 Å². The van der Waals surface area contributed by atoms with Crippen LogP contribution in [-0.2, 0) is 6.18 Å². The van der Waals surface area contributed by atoms with E-state index in [9.17, 15) is 13.2 Å². The van der Waals surface area contributed by atoms with Gasteiger partial charge in [-0.15, -0.1) is 11.3 Å². The second kappa shape index (κ2) is 5.48. The first-order chi connectivity index (χ1) is 11.5. The molecule has 4 nitrogen and oxygen atoms in total. The molecule has 2 aromatic heterocycles. The van der Waals surface area contributed by atoms with E-state index in [0.717, 1.165) is 22.7 Å². The Morgan fingerprint density at radius 2 is 1.92 bits per heavy atom. The molecule has 0 saturated heterocycles. The lowest BCUT2D eigenvalue weighted by Gasteiger charge is -2.24. The van der Waals surface area contributed by atoms with Gasteiger partial charge >= 0.3 is 6.18 Å². The summed E-state index contributed by atoms with van der Waals surface area (Å²) >= 11 is 1.57. The fourth-order valence-corrected chi connectivity index (χ4v) is 3.32. The number of benzene rings is 1. The lowest BCUT2D eigenvalue weighted by molar-refractivity contribution is -0.137. The van der Waals surface area contributed by atoms with Crippen molar-refractivity contribution in [2.24, 2.45) is 0 Å². The average molecular weight is 348 g/mol. The quantitative estimate of drug-likeness (QED) is 0.746. The van der Waals surface area contributed by atoms with Crippen molar-refractivity contribution in [2.45, 2.75) is 12.2 Å². The molecule has 1 N–H and O–H groups in total. The molecule has 0 amide bonds. The second-order valence-corrected chi connectivity index (χ2v) is 6.22.